The van der Waals surface area contributed by atoms with Gasteiger partial charge in [-0.25, -0.2) is 0 Å². The number of carbonyl (C=O) groups is 2. The highest BCUT2D eigenvalue weighted by Gasteiger charge is 2.12. The molecule has 0 heterocycles. The van der Waals surface area contributed by atoms with Gasteiger partial charge in [0.05, 0.1) is 14.2 Å². The molecule has 2 aromatic rings. The van der Waals surface area contributed by atoms with Gasteiger partial charge in [0.15, 0.2) is 5.78 Å². The van der Waals surface area contributed by atoms with E-state index in [1.54, 1.807) is 42.5 Å². The van der Waals surface area contributed by atoms with Gasteiger partial charge in [0, 0.05) is 22.8 Å². The molecule has 0 saturated heterocycles. The van der Waals surface area contributed by atoms with Gasteiger partial charge in [-0.1, -0.05) is 18.2 Å². The van der Waals surface area contributed by atoms with Crippen molar-refractivity contribution in [1.29, 1.82) is 0 Å². The normalized spacial score (nSPS) is 9.90. The minimum Gasteiger partial charge on any atom is -0.497 e. The number of methoxy groups -OCH3 is 2. The molecule has 0 amide bonds. The Bertz CT molecular complexity index is 624. The minimum absolute atomic E-state index is 0.189. The van der Waals surface area contributed by atoms with E-state index in [1.807, 2.05) is 0 Å². The first-order valence-corrected chi connectivity index (χ1v) is 6.01. The third kappa shape index (κ3) is 2.85. The molecule has 0 saturated carbocycles. The Hall–Kier alpha value is -2.62. The van der Waals surface area contributed by atoms with Gasteiger partial charge in [0.2, 0.25) is 0 Å². The average molecular weight is 270 g/mol. The van der Waals surface area contributed by atoms with E-state index in [4.69, 9.17) is 9.47 Å². The second-order valence-corrected chi connectivity index (χ2v) is 4.17. The number of hydrogen-bond acceptors (Lipinski definition) is 4. The van der Waals surface area contributed by atoms with Crippen molar-refractivity contribution in [2.45, 2.75) is 0 Å². The van der Waals surface area contributed by atoms with Gasteiger partial charge < -0.3 is 9.47 Å². The molecule has 0 aromatic heterocycles. The number of rotatable bonds is 5. The van der Waals surface area contributed by atoms with Crippen LogP contribution in [0.3, 0.4) is 0 Å². The van der Waals surface area contributed by atoms with Crippen molar-refractivity contribution in [2.75, 3.05) is 14.2 Å². The number of carbonyl (C=O) groups excluding carboxylic acids is 2. The van der Waals surface area contributed by atoms with E-state index in [9.17, 15) is 9.59 Å². The second-order valence-electron chi connectivity index (χ2n) is 4.17. The van der Waals surface area contributed by atoms with Gasteiger partial charge in [0.25, 0.3) is 0 Å². The molecule has 4 heteroatoms. The Morgan fingerprint density at radius 2 is 1.60 bits per heavy atom. The topological polar surface area (TPSA) is 52.6 Å². The summed E-state index contributed by atoms with van der Waals surface area (Å²) in [5.41, 5.74) is 1.36. The molecular formula is C16H14O4. The van der Waals surface area contributed by atoms with E-state index in [0.29, 0.717) is 34.5 Å². The van der Waals surface area contributed by atoms with Crippen LogP contribution in [0, 0.1) is 0 Å². The number of aldehydes is 1. The van der Waals surface area contributed by atoms with Crippen molar-refractivity contribution in [2.24, 2.45) is 0 Å². The van der Waals surface area contributed by atoms with Gasteiger partial charge in [-0.2, -0.15) is 0 Å². The largest absolute Gasteiger partial charge is 0.497 e. The summed E-state index contributed by atoms with van der Waals surface area (Å²) in [4.78, 5) is 23.2. The maximum atomic E-state index is 12.4. The second kappa shape index (κ2) is 6.02. The minimum atomic E-state index is -0.189. The van der Waals surface area contributed by atoms with Crippen LogP contribution in [0.15, 0.2) is 42.5 Å². The molecule has 2 aromatic carbocycles. The number of hydrogen-bond donors (Lipinski definition) is 0. The van der Waals surface area contributed by atoms with Crippen LogP contribution in [0.4, 0.5) is 0 Å². The lowest BCUT2D eigenvalue weighted by Gasteiger charge is -2.08. The molecule has 0 atom stereocenters. The highest BCUT2D eigenvalue weighted by molar-refractivity contribution is 6.10. The van der Waals surface area contributed by atoms with E-state index in [2.05, 4.69) is 0 Å². The molecule has 0 fully saturated rings. The van der Waals surface area contributed by atoms with Crippen molar-refractivity contribution < 1.29 is 19.1 Å². The lowest BCUT2D eigenvalue weighted by atomic mass is 10.0. The fourth-order valence-electron chi connectivity index (χ4n) is 1.86. The van der Waals surface area contributed by atoms with Crippen LogP contribution in [-0.2, 0) is 0 Å². The van der Waals surface area contributed by atoms with Gasteiger partial charge in [-0.15, -0.1) is 0 Å². The molecule has 102 valence electrons. The summed E-state index contributed by atoms with van der Waals surface area (Å²) in [5.74, 6) is 0.893. The predicted molar refractivity (Wildman–Crippen MR) is 74.8 cm³/mol. The molecule has 2 rings (SSSR count). The molecule has 0 aliphatic carbocycles. The molecule has 20 heavy (non-hydrogen) atoms. The molecule has 0 radical (unpaired) electrons. The highest BCUT2D eigenvalue weighted by atomic mass is 16.5. The summed E-state index contributed by atoms with van der Waals surface area (Å²) in [6.07, 6.45) is 0.711. The lowest BCUT2D eigenvalue weighted by Crippen LogP contribution is -2.03. The van der Waals surface area contributed by atoms with Crippen LogP contribution in [0.5, 0.6) is 11.5 Å². The van der Waals surface area contributed by atoms with Gasteiger partial charge in [-0.3, -0.25) is 9.59 Å². The SMILES string of the molecule is COc1cc(OC)cc(C(=O)c2cccc(C=O)c2)c1. The van der Waals surface area contributed by atoms with Crippen LogP contribution in [0.25, 0.3) is 0 Å². The van der Waals surface area contributed by atoms with Crippen molar-refractivity contribution in [3.05, 3.63) is 59.2 Å². The van der Waals surface area contributed by atoms with Gasteiger partial charge in [-0.05, 0) is 18.2 Å². The zero-order valence-electron chi connectivity index (χ0n) is 11.3. The fraction of sp³-hybridized carbons (Fsp3) is 0.125. The maximum absolute atomic E-state index is 12.4. The third-order valence-electron chi connectivity index (χ3n) is 2.90. The van der Waals surface area contributed by atoms with Crippen molar-refractivity contribution >= 4 is 12.1 Å². The fourth-order valence-corrected chi connectivity index (χ4v) is 1.86. The molecule has 0 N–H and O–H groups in total. The molecule has 0 bridgehead atoms. The van der Waals surface area contributed by atoms with Crippen LogP contribution >= 0.6 is 0 Å². The summed E-state index contributed by atoms with van der Waals surface area (Å²) in [5, 5.41) is 0. The summed E-state index contributed by atoms with van der Waals surface area (Å²) >= 11 is 0. The maximum Gasteiger partial charge on any atom is 0.193 e. The Balaban J connectivity index is 2.44. The Kier molecular flexibility index (Phi) is 4.15. The average Bonchev–Trinajstić information content (AvgIpc) is 2.53. The summed E-state index contributed by atoms with van der Waals surface area (Å²) in [6, 6.07) is 11.5. The predicted octanol–water partition coefficient (Wildman–Crippen LogP) is 2.75. The number of benzene rings is 2. The van der Waals surface area contributed by atoms with Crippen molar-refractivity contribution in [3.8, 4) is 11.5 Å². The van der Waals surface area contributed by atoms with Crippen LogP contribution in [0.2, 0.25) is 0 Å². The zero-order valence-corrected chi connectivity index (χ0v) is 11.3. The number of ether oxygens (including phenoxy) is 2. The molecule has 0 aliphatic heterocycles. The monoisotopic (exact) mass is 270 g/mol. The lowest BCUT2D eigenvalue weighted by molar-refractivity contribution is 0.103. The van der Waals surface area contributed by atoms with Crippen molar-refractivity contribution in [3.63, 3.8) is 0 Å². The zero-order chi connectivity index (χ0) is 14.5. The molecule has 0 spiro atoms. The smallest absolute Gasteiger partial charge is 0.193 e. The first-order valence-electron chi connectivity index (χ1n) is 6.01. The summed E-state index contributed by atoms with van der Waals surface area (Å²) in [7, 11) is 3.05. The Morgan fingerprint density at radius 1 is 0.950 bits per heavy atom. The standard InChI is InChI=1S/C16H14O4/c1-19-14-7-13(8-15(9-14)20-2)16(18)12-5-3-4-11(6-12)10-17/h3-10H,1-2H3. The Labute approximate surface area is 116 Å². The van der Waals surface area contributed by atoms with E-state index >= 15 is 0 Å². The van der Waals surface area contributed by atoms with E-state index < -0.39 is 0 Å². The third-order valence-corrected chi connectivity index (χ3v) is 2.90. The molecule has 0 aliphatic rings. The summed E-state index contributed by atoms with van der Waals surface area (Å²) < 4.78 is 10.3. The van der Waals surface area contributed by atoms with Crippen LogP contribution in [-0.4, -0.2) is 26.3 Å². The number of ketones is 1. The highest BCUT2D eigenvalue weighted by Crippen LogP contribution is 2.24. The van der Waals surface area contributed by atoms with Gasteiger partial charge >= 0.3 is 0 Å². The van der Waals surface area contributed by atoms with Gasteiger partial charge in [0.1, 0.15) is 17.8 Å². The van der Waals surface area contributed by atoms with Crippen LogP contribution in [0.1, 0.15) is 26.3 Å². The first-order chi connectivity index (χ1) is 9.67. The summed E-state index contributed by atoms with van der Waals surface area (Å²) in [6.45, 7) is 0. The molecular weight excluding hydrogens is 256 g/mol. The van der Waals surface area contributed by atoms with Crippen LogP contribution < -0.4 is 9.47 Å². The molecule has 0 unspecified atom stereocenters. The Morgan fingerprint density at radius 3 is 2.15 bits per heavy atom. The quantitative estimate of drug-likeness (QED) is 0.619. The van der Waals surface area contributed by atoms with Crippen molar-refractivity contribution in [1.82, 2.24) is 0 Å². The first kappa shape index (κ1) is 13.8. The molecule has 4 nitrogen and oxygen atoms in total. The van der Waals surface area contributed by atoms with E-state index in [0.717, 1.165) is 0 Å². The van der Waals surface area contributed by atoms with E-state index in [-0.39, 0.29) is 5.78 Å². The van der Waals surface area contributed by atoms with E-state index in [1.165, 1.54) is 14.2 Å².